The van der Waals surface area contributed by atoms with Crippen LogP contribution in [-0.4, -0.2) is 20.7 Å². The van der Waals surface area contributed by atoms with Crippen LogP contribution in [0.15, 0.2) is 47.0 Å². The standard InChI is InChI=1S/C16H15FN4O2/c1-11-19-20-16(23-11)14-3-2-8-21(14)10-15(22)18-9-12-4-6-13(17)7-5-12/h2-8H,9-10H2,1H3,(H,18,22). The fraction of sp³-hybridized carbons (Fsp3) is 0.188. The summed E-state index contributed by atoms with van der Waals surface area (Å²) in [5.74, 6) is 0.377. The molecule has 0 saturated heterocycles. The molecule has 0 bridgehead atoms. The Morgan fingerprint density at radius 3 is 2.74 bits per heavy atom. The Bertz CT molecular complexity index is 808. The van der Waals surface area contributed by atoms with Crippen molar-refractivity contribution in [1.82, 2.24) is 20.1 Å². The van der Waals surface area contributed by atoms with Gasteiger partial charge in [0.1, 0.15) is 18.1 Å². The molecule has 0 spiro atoms. The molecule has 2 heterocycles. The van der Waals surface area contributed by atoms with Gasteiger partial charge < -0.3 is 14.3 Å². The quantitative estimate of drug-likeness (QED) is 0.784. The van der Waals surface area contributed by atoms with Gasteiger partial charge in [0, 0.05) is 19.7 Å². The van der Waals surface area contributed by atoms with Crippen LogP contribution in [0.2, 0.25) is 0 Å². The van der Waals surface area contributed by atoms with Crippen LogP contribution in [0.4, 0.5) is 4.39 Å². The zero-order chi connectivity index (χ0) is 16.2. The van der Waals surface area contributed by atoms with Crippen LogP contribution in [0.5, 0.6) is 0 Å². The van der Waals surface area contributed by atoms with Gasteiger partial charge in [0.05, 0.1) is 0 Å². The Labute approximate surface area is 132 Å². The number of carbonyl (C=O) groups is 1. The number of rotatable bonds is 5. The molecule has 0 atom stereocenters. The minimum atomic E-state index is -0.299. The lowest BCUT2D eigenvalue weighted by molar-refractivity contribution is -0.121. The second-order valence-corrected chi connectivity index (χ2v) is 5.05. The number of amides is 1. The lowest BCUT2D eigenvalue weighted by Gasteiger charge is -2.08. The molecule has 1 amide bonds. The first-order valence-corrected chi connectivity index (χ1v) is 7.08. The molecular weight excluding hydrogens is 299 g/mol. The highest BCUT2D eigenvalue weighted by molar-refractivity contribution is 5.76. The highest BCUT2D eigenvalue weighted by Gasteiger charge is 2.12. The average molecular weight is 314 g/mol. The summed E-state index contributed by atoms with van der Waals surface area (Å²) in [6.07, 6.45) is 1.77. The van der Waals surface area contributed by atoms with Gasteiger partial charge in [0.15, 0.2) is 0 Å². The zero-order valence-corrected chi connectivity index (χ0v) is 12.5. The van der Waals surface area contributed by atoms with E-state index in [1.807, 2.05) is 6.07 Å². The van der Waals surface area contributed by atoms with E-state index in [0.29, 0.717) is 24.0 Å². The Kier molecular flexibility index (Phi) is 4.18. The maximum absolute atomic E-state index is 12.8. The van der Waals surface area contributed by atoms with E-state index >= 15 is 0 Å². The molecule has 1 N–H and O–H groups in total. The number of hydrogen-bond acceptors (Lipinski definition) is 4. The molecule has 3 aromatic rings. The summed E-state index contributed by atoms with van der Waals surface area (Å²) >= 11 is 0. The first kappa shape index (κ1) is 15.0. The van der Waals surface area contributed by atoms with Gasteiger partial charge in [0.25, 0.3) is 5.89 Å². The molecule has 3 rings (SSSR count). The number of halogens is 1. The zero-order valence-electron chi connectivity index (χ0n) is 12.5. The van der Waals surface area contributed by atoms with Crippen molar-refractivity contribution in [2.24, 2.45) is 0 Å². The molecule has 0 aliphatic heterocycles. The second kappa shape index (κ2) is 6.43. The Morgan fingerprint density at radius 2 is 2.04 bits per heavy atom. The van der Waals surface area contributed by atoms with Crippen molar-refractivity contribution >= 4 is 5.91 Å². The van der Waals surface area contributed by atoms with Crippen LogP contribution in [0.3, 0.4) is 0 Å². The van der Waals surface area contributed by atoms with Crippen LogP contribution in [-0.2, 0) is 17.9 Å². The number of aromatic nitrogens is 3. The summed E-state index contributed by atoms with van der Waals surface area (Å²) in [5, 5.41) is 10.5. The molecule has 0 unspecified atom stereocenters. The number of aryl methyl sites for hydroxylation is 1. The monoisotopic (exact) mass is 314 g/mol. The predicted molar refractivity (Wildman–Crippen MR) is 80.7 cm³/mol. The van der Waals surface area contributed by atoms with Gasteiger partial charge in [-0.1, -0.05) is 12.1 Å². The van der Waals surface area contributed by atoms with Gasteiger partial charge in [-0.15, -0.1) is 10.2 Å². The van der Waals surface area contributed by atoms with Crippen molar-refractivity contribution in [3.63, 3.8) is 0 Å². The van der Waals surface area contributed by atoms with Crippen molar-refractivity contribution in [3.05, 3.63) is 59.9 Å². The minimum absolute atomic E-state index is 0.130. The van der Waals surface area contributed by atoms with Gasteiger partial charge in [-0.25, -0.2) is 4.39 Å². The number of benzene rings is 1. The van der Waals surface area contributed by atoms with Crippen molar-refractivity contribution in [2.75, 3.05) is 0 Å². The van der Waals surface area contributed by atoms with Crippen molar-refractivity contribution in [3.8, 4) is 11.6 Å². The molecule has 7 heteroatoms. The third kappa shape index (κ3) is 3.63. The summed E-state index contributed by atoms with van der Waals surface area (Å²) in [7, 11) is 0. The number of carbonyl (C=O) groups excluding carboxylic acids is 1. The van der Waals surface area contributed by atoms with Gasteiger partial charge in [0.2, 0.25) is 11.8 Å². The highest BCUT2D eigenvalue weighted by atomic mass is 19.1. The molecule has 118 valence electrons. The molecule has 6 nitrogen and oxygen atoms in total. The van der Waals surface area contributed by atoms with Crippen molar-refractivity contribution in [2.45, 2.75) is 20.0 Å². The fourth-order valence-corrected chi connectivity index (χ4v) is 2.16. The maximum atomic E-state index is 12.8. The van der Waals surface area contributed by atoms with E-state index in [4.69, 9.17) is 4.42 Å². The molecule has 0 aliphatic carbocycles. The van der Waals surface area contributed by atoms with E-state index in [-0.39, 0.29) is 18.3 Å². The molecule has 2 aromatic heterocycles. The van der Waals surface area contributed by atoms with Crippen molar-refractivity contribution in [1.29, 1.82) is 0 Å². The van der Waals surface area contributed by atoms with Gasteiger partial charge in [-0.05, 0) is 29.8 Å². The van der Waals surface area contributed by atoms with E-state index in [2.05, 4.69) is 15.5 Å². The van der Waals surface area contributed by atoms with Crippen LogP contribution in [0, 0.1) is 12.7 Å². The van der Waals surface area contributed by atoms with E-state index in [0.717, 1.165) is 5.56 Å². The van der Waals surface area contributed by atoms with E-state index in [1.165, 1.54) is 12.1 Å². The molecule has 0 saturated carbocycles. The molecule has 0 aliphatic rings. The second-order valence-electron chi connectivity index (χ2n) is 5.05. The smallest absolute Gasteiger partial charge is 0.264 e. The highest BCUT2D eigenvalue weighted by Crippen LogP contribution is 2.18. The van der Waals surface area contributed by atoms with Gasteiger partial charge >= 0.3 is 0 Å². The first-order valence-electron chi connectivity index (χ1n) is 7.08. The Hall–Kier alpha value is -2.96. The first-order chi connectivity index (χ1) is 11.1. The van der Waals surface area contributed by atoms with Crippen LogP contribution in [0.1, 0.15) is 11.5 Å². The largest absolute Gasteiger partial charge is 0.420 e. The fourth-order valence-electron chi connectivity index (χ4n) is 2.16. The number of nitrogens with zero attached hydrogens (tertiary/aromatic N) is 3. The Morgan fingerprint density at radius 1 is 1.26 bits per heavy atom. The topological polar surface area (TPSA) is 73.0 Å². The third-order valence-electron chi connectivity index (χ3n) is 3.29. The molecule has 0 fully saturated rings. The average Bonchev–Trinajstić information content (AvgIpc) is 3.15. The normalized spacial score (nSPS) is 10.7. The van der Waals surface area contributed by atoms with Gasteiger partial charge in [-0.2, -0.15) is 0 Å². The predicted octanol–water partition coefficient (Wildman–Crippen LogP) is 2.30. The Balaban J connectivity index is 1.62. The summed E-state index contributed by atoms with van der Waals surface area (Å²) in [6.45, 7) is 2.18. The lowest BCUT2D eigenvalue weighted by atomic mass is 10.2. The number of hydrogen-bond donors (Lipinski definition) is 1. The van der Waals surface area contributed by atoms with E-state index < -0.39 is 0 Å². The van der Waals surface area contributed by atoms with Crippen LogP contribution in [0.25, 0.3) is 11.6 Å². The van der Waals surface area contributed by atoms with E-state index in [9.17, 15) is 9.18 Å². The minimum Gasteiger partial charge on any atom is -0.420 e. The van der Waals surface area contributed by atoms with Gasteiger partial charge in [-0.3, -0.25) is 4.79 Å². The maximum Gasteiger partial charge on any atom is 0.264 e. The van der Waals surface area contributed by atoms with Crippen LogP contribution < -0.4 is 5.32 Å². The number of nitrogens with one attached hydrogen (secondary N) is 1. The third-order valence-corrected chi connectivity index (χ3v) is 3.29. The molecule has 0 radical (unpaired) electrons. The summed E-state index contributed by atoms with van der Waals surface area (Å²) < 4.78 is 19.9. The van der Waals surface area contributed by atoms with Crippen LogP contribution >= 0.6 is 0 Å². The molecular formula is C16H15FN4O2. The van der Waals surface area contributed by atoms with E-state index in [1.54, 1.807) is 35.9 Å². The lowest BCUT2D eigenvalue weighted by Crippen LogP contribution is -2.27. The SMILES string of the molecule is Cc1nnc(-c2cccn2CC(=O)NCc2ccc(F)cc2)o1. The summed E-state index contributed by atoms with van der Waals surface area (Å²) in [5.41, 5.74) is 1.52. The molecule has 23 heavy (non-hydrogen) atoms. The van der Waals surface area contributed by atoms with Crippen molar-refractivity contribution < 1.29 is 13.6 Å². The summed E-state index contributed by atoms with van der Waals surface area (Å²) in [4.78, 5) is 12.1. The summed E-state index contributed by atoms with van der Waals surface area (Å²) in [6, 6.07) is 9.62. The molecule has 1 aromatic carbocycles.